The average Bonchev–Trinajstić information content (AvgIpc) is 2.64. The summed E-state index contributed by atoms with van der Waals surface area (Å²) in [5.74, 6) is -0.324. The van der Waals surface area contributed by atoms with Gasteiger partial charge in [-0.2, -0.15) is 0 Å². The van der Waals surface area contributed by atoms with Gasteiger partial charge < -0.3 is 9.15 Å². The van der Waals surface area contributed by atoms with E-state index in [-0.39, 0.29) is 11.4 Å². The molecule has 1 aliphatic carbocycles. The van der Waals surface area contributed by atoms with Crippen molar-refractivity contribution in [1.29, 1.82) is 0 Å². The van der Waals surface area contributed by atoms with Gasteiger partial charge in [0.05, 0.1) is 10.6 Å². The van der Waals surface area contributed by atoms with Crippen molar-refractivity contribution in [1.82, 2.24) is 0 Å². The van der Waals surface area contributed by atoms with Gasteiger partial charge in [0.2, 0.25) is 0 Å². The molecule has 0 fully saturated rings. The number of ether oxygens (including phenoxy) is 1. The number of hydrogen-bond donors (Lipinski definition) is 0. The van der Waals surface area contributed by atoms with Crippen LogP contribution in [0.25, 0.3) is 11.0 Å². The molecule has 1 aromatic heterocycles. The highest BCUT2D eigenvalue weighted by molar-refractivity contribution is 6.33. The molecule has 0 atom stereocenters. The van der Waals surface area contributed by atoms with Gasteiger partial charge in [-0.05, 0) is 56.4 Å². The highest BCUT2D eigenvalue weighted by Gasteiger charge is 2.20. The Morgan fingerprint density at radius 2 is 1.77 bits per heavy atom. The lowest BCUT2D eigenvalue weighted by molar-refractivity contribution is 0.0735. The zero-order valence-electron chi connectivity index (χ0n) is 14.3. The number of carbonyl (C=O) groups is 1. The molecule has 3 aromatic rings. The first-order chi connectivity index (χ1) is 12.5. The van der Waals surface area contributed by atoms with Gasteiger partial charge in [-0.1, -0.05) is 29.3 Å². The summed E-state index contributed by atoms with van der Waals surface area (Å²) < 4.78 is 10.9. The third-order valence-corrected chi connectivity index (χ3v) is 5.06. The maximum atomic E-state index is 12.3. The number of carbonyl (C=O) groups excluding carboxylic acids is 1. The minimum atomic E-state index is -0.508. The SMILES string of the molecule is Cc1ccc(C(=O)Oc2cc3oc(=O)c4c(c3cc2Cl)CCCC4)cc1. The number of esters is 1. The molecule has 4 nitrogen and oxygen atoms in total. The van der Waals surface area contributed by atoms with Crippen LogP contribution in [0.1, 0.15) is 39.9 Å². The van der Waals surface area contributed by atoms with Gasteiger partial charge in [-0.15, -0.1) is 0 Å². The number of benzene rings is 2. The van der Waals surface area contributed by atoms with Crippen molar-refractivity contribution in [2.45, 2.75) is 32.6 Å². The standard InChI is InChI=1S/C21H17ClO4/c1-12-6-8-13(9-7-12)20(23)26-19-11-18-16(10-17(19)22)14-4-2-3-5-15(14)21(24)25-18/h6-11H,2-5H2,1H3. The maximum absolute atomic E-state index is 12.3. The Labute approximate surface area is 155 Å². The molecule has 26 heavy (non-hydrogen) atoms. The van der Waals surface area contributed by atoms with E-state index >= 15 is 0 Å². The molecular weight excluding hydrogens is 352 g/mol. The summed E-state index contributed by atoms with van der Waals surface area (Å²) in [6.07, 6.45) is 3.59. The zero-order valence-corrected chi connectivity index (χ0v) is 15.1. The van der Waals surface area contributed by atoms with Crippen molar-refractivity contribution >= 4 is 28.5 Å². The maximum Gasteiger partial charge on any atom is 0.343 e. The third-order valence-electron chi connectivity index (χ3n) is 4.77. The fraction of sp³-hybridized carbons (Fsp3) is 0.238. The lowest BCUT2D eigenvalue weighted by Gasteiger charge is -2.16. The quantitative estimate of drug-likeness (QED) is 0.368. The van der Waals surface area contributed by atoms with Crippen molar-refractivity contribution in [3.8, 4) is 5.75 Å². The van der Waals surface area contributed by atoms with Gasteiger partial charge in [-0.3, -0.25) is 0 Å². The molecule has 0 N–H and O–H groups in total. The first-order valence-electron chi connectivity index (χ1n) is 8.60. The summed E-state index contributed by atoms with van der Waals surface area (Å²) in [6, 6.07) is 10.3. The van der Waals surface area contributed by atoms with Gasteiger partial charge in [0.15, 0.2) is 5.75 Å². The van der Waals surface area contributed by atoms with Crippen LogP contribution in [0, 0.1) is 6.92 Å². The first kappa shape index (κ1) is 16.9. The molecule has 0 amide bonds. The number of fused-ring (bicyclic) bond motifs is 3. The monoisotopic (exact) mass is 368 g/mol. The van der Waals surface area contributed by atoms with Crippen LogP contribution in [0.2, 0.25) is 5.02 Å². The third kappa shape index (κ3) is 3.01. The summed E-state index contributed by atoms with van der Waals surface area (Å²) in [4.78, 5) is 24.6. The van der Waals surface area contributed by atoms with E-state index < -0.39 is 5.97 Å². The second-order valence-corrected chi connectivity index (χ2v) is 7.00. The van der Waals surface area contributed by atoms with Gasteiger partial charge in [-0.25, -0.2) is 9.59 Å². The summed E-state index contributed by atoms with van der Waals surface area (Å²) in [6.45, 7) is 1.94. The Bertz CT molecular complexity index is 1060. The Morgan fingerprint density at radius 1 is 1.08 bits per heavy atom. The zero-order chi connectivity index (χ0) is 18.3. The number of rotatable bonds is 2. The molecule has 0 spiro atoms. The lowest BCUT2D eigenvalue weighted by atomic mass is 9.91. The summed E-state index contributed by atoms with van der Waals surface area (Å²) in [5, 5.41) is 1.14. The van der Waals surface area contributed by atoms with Crippen LogP contribution in [0.5, 0.6) is 5.75 Å². The largest absolute Gasteiger partial charge is 0.422 e. The lowest BCUT2D eigenvalue weighted by Crippen LogP contribution is -2.16. The van der Waals surface area contributed by atoms with Gasteiger partial charge >= 0.3 is 11.6 Å². The summed E-state index contributed by atoms with van der Waals surface area (Å²) in [5.41, 5.74) is 3.30. The molecule has 1 heterocycles. The Hall–Kier alpha value is -2.59. The molecule has 5 heteroatoms. The summed E-state index contributed by atoms with van der Waals surface area (Å²) in [7, 11) is 0. The van der Waals surface area contributed by atoms with Crippen molar-refractivity contribution in [2.75, 3.05) is 0 Å². The molecular formula is C21H17ClO4. The minimum Gasteiger partial charge on any atom is -0.422 e. The van der Waals surface area contributed by atoms with Crippen molar-refractivity contribution in [3.63, 3.8) is 0 Å². The fourth-order valence-corrected chi connectivity index (χ4v) is 3.57. The van der Waals surface area contributed by atoms with E-state index in [0.29, 0.717) is 16.2 Å². The van der Waals surface area contributed by atoms with Gasteiger partial charge in [0.25, 0.3) is 0 Å². The first-order valence-corrected chi connectivity index (χ1v) is 8.97. The van der Waals surface area contributed by atoms with Crippen LogP contribution < -0.4 is 10.4 Å². The topological polar surface area (TPSA) is 56.5 Å². The molecule has 4 rings (SSSR count). The Balaban J connectivity index is 1.74. The normalized spacial score (nSPS) is 13.5. The van der Waals surface area contributed by atoms with E-state index in [1.807, 2.05) is 19.1 Å². The molecule has 2 aromatic carbocycles. The highest BCUT2D eigenvalue weighted by Crippen LogP contribution is 2.34. The molecule has 132 valence electrons. The van der Waals surface area contributed by atoms with E-state index in [0.717, 1.165) is 47.8 Å². The second-order valence-electron chi connectivity index (χ2n) is 6.59. The van der Waals surface area contributed by atoms with Crippen molar-refractivity contribution < 1.29 is 13.9 Å². The van der Waals surface area contributed by atoms with Crippen molar-refractivity contribution in [3.05, 3.63) is 74.1 Å². The van der Waals surface area contributed by atoms with Crippen LogP contribution in [-0.2, 0) is 12.8 Å². The smallest absolute Gasteiger partial charge is 0.343 e. The Kier molecular flexibility index (Phi) is 4.29. The van der Waals surface area contributed by atoms with E-state index in [9.17, 15) is 9.59 Å². The second kappa shape index (κ2) is 6.61. The van der Waals surface area contributed by atoms with E-state index in [1.54, 1.807) is 18.2 Å². The van der Waals surface area contributed by atoms with E-state index in [2.05, 4.69) is 0 Å². The minimum absolute atomic E-state index is 0.184. The van der Waals surface area contributed by atoms with Gasteiger partial charge in [0.1, 0.15) is 5.58 Å². The molecule has 1 aliphatic rings. The predicted molar refractivity (Wildman–Crippen MR) is 100 cm³/mol. The molecule has 0 aliphatic heterocycles. The molecule has 0 radical (unpaired) electrons. The van der Waals surface area contributed by atoms with Crippen LogP contribution in [0.3, 0.4) is 0 Å². The van der Waals surface area contributed by atoms with E-state index in [1.165, 1.54) is 6.07 Å². The number of hydrogen-bond acceptors (Lipinski definition) is 4. The molecule has 0 saturated heterocycles. The fourth-order valence-electron chi connectivity index (χ4n) is 3.37. The van der Waals surface area contributed by atoms with Crippen molar-refractivity contribution in [2.24, 2.45) is 0 Å². The average molecular weight is 369 g/mol. The molecule has 0 saturated carbocycles. The predicted octanol–water partition coefficient (Wildman–Crippen LogP) is 4.85. The highest BCUT2D eigenvalue weighted by atomic mass is 35.5. The van der Waals surface area contributed by atoms with Gasteiger partial charge in [0, 0.05) is 17.0 Å². The Morgan fingerprint density at radius 3 is 2.50 bits per heavy atom. The number of aryl methyl sites for hydroxylation is 2. The molecule has 0 unspecified atom stereocenters. The van der Waals surface area contributed by atoms with Crippen LogP contribution >= 0.6 is 11.6 Å². The number of halogens is 1. The summed E-state index contributed by atoms with van der Waals surface area (Å²) >= 11 is 6.35. The van der Waals surface area contributed by atoms with E-state index in [4.69, 9.17) is 20.8 Å². The molecule has 0 bridgehead atoms. The van der Waals surface area contributed by atoms with Crippen LogP contribution in [0.15, 0.2) is 45.6 Å². The van der Waals surface area contributed by atoms with Crippen LogP contribution in [-0.4, -0.2) is 5.97 Å². The van der Waals surface area contributed by atoms with Crippen LogP contribution in [0.4, 0.5) is 0 Å².